The molecule has 1 aromatic heterocycles. The molecule has 0 bridgehead atoms. The van der Waals surface area contributed by atoms with E-state index in [1.165, 1.54) is 0 Å². The van der Waals surface area contributed by atoms with Crippen molar-refractivity contribution in [2.75, 3.05) is 6.61 Å². The van der Waals surface area contributed by atoms with Crippen LogP contribution in [0.2, 0.25) is 5.02 Å². The van der Waals surface area contributed by atoms with Gasteiger partial charge in [-0.15, -0.1) is 0 Å². The molecular weight excluding hydrogens is 330 g/mol. The van der Waals surface area contributed by atoms with Crippen LogP contribution in [0.4, 0.5) is 0 Å². The zero-order valence-electron chi connectivity index (χ0n) is 13.5. The Balaban J connectivity index is 1.77. The summed E-state index contributed by atoms with van der Waals surface area (Å²) in [4.78, 5) is 17.5. The van der Waals surface area contributed by atoms with Crippen LogP contribution in [-0.4, -0.2) is 38.2 Å². The third-order valence-corrected chi connectivity index (χ3v) is 4.31. The van der Waals surface area contributed by atoms with E-state index in [1.807, 2.05) is 23.9 Å². The summed E-state index contributed by atoms with van der Waals surface area (Å²) in [6.45, 7) is 1.02. The lowest BCUT2D eigenvalue weighted by atomic mass is 10.2. The van der Waals surface area contributed by atoms with E-state index in [1.54, 1.807) is 18.3 Å². The van der Waals surface area contributed by atoms with Crippen molar-refractivity contribution < 1.29 is 14.6 Å². The molecule has 1 saturated carbocycles. The first-order valence-corrected chi connectivity index (χ1v) is 8.24. The molecule has 6 nitrogen and oxygen atoms in total. The number of hydrogen-bond acceptors (Lipinski definition) is 4. The van der Waals surface area contributed by atoms with Gasteiger partial charge in [0.15, 0.2) is 6.61 Å². The first-order chi connectivity index (χ1) is 11.5. The molecule has 1 fully saturated rings. The predicted molar refractivity (Wildman–Crippen MR) is 90.1 cm³/mol. The highest BCUT2D eigenvalue weighted by Crippen LogP contribution is 2.32. The van der Waals surface area contributed by atoms with Gasteiger partial charge in [0.05, 0.1) is 6.54 Å². The summed E-state index contributed by atoms with van der Waals surface area (Å²) in [5.74, 6) is 0.562. The van der Waals surface area contributed by atoms with Crippen LogP contribution in [0.5, 0.6) is 5.75 Å². The van der Waals surface area contributed by atoms with Gasteiger partial charge in [0.25, 0.3) is 0 Å². The highest BCUT2D eigenvalue weighted by molar-refractivity contribution is 6.30. The Bertz CT molecular complexity index is 728. The first-order valence-electron chi connectivity index (χ1n) is 7.86. The minimum Gasteiger partial charge on any atom is -0.482 e. The minimum absolute atomic E-state index is 0.364. The van der Waals surface area contributed by atoms with Crippen molar-refractivity contribution in [1.29, 1.82) is 0 Å². The summed E-state index contributed by atoms with van der Waals surface area (Å²) in [6, 6.07) is 5.80. The predicted octanol–water partition coefficient (Wildman–Crippen LogP) is 2.70. The van der Waals surface area contributed by atoms with Crippen LogP contribution < -0.4 is 4.74 Å². The number of halogens is 1. The van der Waals surface area contributed by atoms with Crippen molar-refractivity contribution in [2.45, 2.75) is 32.0 Å². The number of aromatic nitrogens is 2. The molecule has 1 N–H and O–H groups in total. The molecule has 2 aromatic rings. The lowest BCUT2D eigenvalue weighted by Crippen LogP contribution is -2.27. The van der Waals surface area contributed by atoms with Gasteiger partial charge in [0.2, 0.25) is 0 Å². The third-order valence-electron chi connectivity index (χ3n) is 4.08. The van der Waals surface area contributed by atoms with Gasteiger partial charge in [-0.1, -0.05) is 11.6 Å². The van der Waals surface area contributed by atoms with Crippen LogP contribution in [0.1, 0.15) is 24.2 Å². The molecule has 1 heterocycles. The van der Waals surface area contributed by atoms with Crippen molar-refractivity contribution in [3.8, 4) is 5.75 Å². The van der Waals surface area contributed by atoms with Crippen LogP contribution in [0, 0.1) is 0 Å². The molecule has 24 heavy (non-hydrogen) atoms. The number of carboxylic acid groups (broad SMARTS) is 1. The van der Waals surface area contributed by atoms with Crippen LogP contribution in [0.3, 0.4) is 0 Å². The van der Waals surface area contributed by atoms with E-state index in [4.69, 9.17) is 21.4 Å². The number of hydrogen-bond donors (Lipinski definition) is 1. The molecule has 1 aromatic carbocycles. The largest absolute Gasteiger partial charge is 0.482 e. The standard InChI is InChI=1S/C17H20ClN3O3/c1-20-7-6-19-16(20)10-21(14-3-4-14)9-12-8-13(18)2-5-15(12)24-11-17(22)23/h2,5-8,14H,3-4,9-11H2,1H3,(H,22,23). The van der Waals surface area contributed by atoms with Crippen molar-refractivity contribution in [2.24, 2.45) is 7.05 Å². The van der Waals surface area contributed by atoms with E-state index >= 15 is 0 Å². The molecule has 0 radical (unpaired) electrons. The first kappa shape index (κ1) is 16.8. The summed E-state index contributed by atoms with van der Waals surface area (Å²) in [6.07, 6.45) is 6.05. The van der Waals surface area contributed by atoms with Crippen molar-refractivity contribution in [3.05, 3.63) is 47.0 Å². The normalized spacial score (nSPS) is 14.1. The van der Waals surface area contributed by atoms with Gasteiger partial charge in [-0.05, 0) is 31.0 Å². The fourth-order valence-electron chi connectivity index (χ4n) is 2.65. The molecule has 1 aliphatic rings. The monoisotopic (exact) mass is 349 g/mol. The Kier molecular flexibility index (Phi) is 5.06. The Morgan fingerprint density at radius 1 is 1.46 bits per heavy atom. The van der Waals surface area contributed by atoms with E-state index in [-0.39, 0.29) is 6.61 Å². The van der Waals surface area contributed by atoms with E-state index in [0.717, 1.165) is 30.8 Å². The number of ether oxygens (including phenoxy) is 1. The lowest BCUT2D eigenvalue weighted by molar-refractivity contribution is -0.139. The molecule has 3 rings (SSSR count). The second-order valence-corrected chi connectivity index (χ2v) is 6.46. The Morgan fingerprint density at radius 3 is 2.88 bits per heavy atom. The Labute approximate surface area is 145 Å². The zero-order valence-corrected chi connectivity index (χ0v) is 14.2. The van der Waals surface area contributed by atoms with Gasteiger partial charge in [0.1, 0.15) is 11.6 Å². The second-order valence-electron chi connectivity index (χ2n) is 6.02. The molecule has 0 aliphatic heterocycles. The van der Waals surface area contributed by atoms with Crippen LogP contribution >= 0.6 is 11.6 Å². The average Bonchev–Trinajstić information content (AvgIpc) is 3.30. The lowest BCUT2D eigenvalue weighted by Gasteiger charge is -2.23. The Morgan fingerprint density at radius 2 is 2.25 bits per heavy atom. The van der Waals surface area contributed by atoms with Crippen molar-refractivity contribution >= 4 is 17.6 Å². The van der Waals surface area contributed by atoms with Gasteiger partial charge in [-0.3, -0.25) is 4.90 Å². The van der Waals surface area contributed by atoms with E-state index in [9.17, 15) is 4.79 Å². The SMILES string of the molecule is Cn1ccnc1CN(Cc1cc(Cl)ccc1OCC(=O)O)C1CC1. The fourth-order valence-corrected chi connectivity index (χ4v) is 2.85. The number of rotatable bonds is 8. The fraction of sp³-hybridized carbons (Fsp3) is 0.412. The minimum atomic E-state index is -0.997. The highest BCUT2D eigenvalue weighted by Gasteiger charge is 2.30. The van der Waals surface area contributed by atoms with Crippen molar-refractivity contribution in [1.82, 2.24) is 14.5 Å². The zero-order chi connectivity index (χ0) is 17.1. The maximum Gasteiger partial charge on any atom is 0.341 e. The summed E-state index contributed by atoms with van der Waals surface area (Å²) in [5.41, 5.74) is 0.893. The van der Waals surface area contributed by atoms with Gasteiger partial charge in [-0.2, -0.15) is 0 Å². The Hall–Kier alpha value is -2.05. The number of imidazole rings is 1. The van der Waals surface area contributed by atoms with Crippen molar-refractivity contribution in [3.63, 3.8) is 0 Å². The summed E-state index contributed by atoms with van der Waals surface area (Å²) in [5, 5.41) is 9.44. The van der Waals surface area contributed by atoms with E-state index in [2.05, 4.69) is 9.88 Å². The average molecular weight is 350 g/mol. The molecule has 0 amide bonds. The number of carbonyl (C=O) groups is 1. The maximum absolute atomic E-state index is 10.8. The maximum atomic E-state index is 10.8. The summed E-state index contributed by atoms with van der Waals surface area (Å²) >= 11 is 6.12. The number of nitrogens with zero attached hydrogens (tertiary/aromatic N) is 3. The summed E-state index contributed by atoms with van der Waals surface area (Å²) in [7, 11) is 1.98. The van der Waals surface area contributed by atoms with Gasteiger partial charge >= 0.3 is 5.97 Å². The van der Waals surface area contributed by atoms with Gasteiger partial charge in [0, 0.05) is 42.6 Å². The topological polar surface area (TPSA) is 67.6 Å². The molecule has 0 saturated heterocycles. The summed E-state index contributed by atoms with van der Waals surface area (Å²) < 4.78 is 7.42. The molecule has 128 valence electrons. The van der Waals surface area contributed by atoms with E-state index in [0.29, 0.717) is 23.4 Å². The highest BCUT2D eigenvalue weighted by atomic mass is 35.5. The second kappa shape index (κ2) is 7.23. The van der Waals surface area contributed by atoms with Crippen LogP contribution in [0.15, 0.2) is 30.6 Å². The number of aryl methyl sites for hydroxylation is 1. The molecule has 0 atom stereocenters. The van der Waals surface area contributed by atoms with Crippen LogP contribution in [0.25, 0.3) is 0 Å². The smallest absolute Gasteiger partial charge is 0.341 e. The van der Waals surface area contributed by atoms with Gasteiger partial charge < -0.3 is 14.4 Å². The number of carboxylic acids is 1. The molecular formula is C17H20ClN3O3. The van der Waals surface area contributed by atoms with Gasteiger partial charge in [-0.25, -0.2) is 9.78 Å². The molecule has 0 unspecified atom stereocenters. The van der Waals surface area contributed by atoms with Crippen LogP contribution in [-0.2, 0) is 24.9 Å². The number of benzene rings is 1. The van der Waals surface area contributed by atoms with E-state index < -0.39 is 5.97 Å². The number of aliphatic carboxylic acids is 1. The molecule has 0 spiro atoms. The molecule has 1 aliphatic carbocycles. The quantitative estimate of drug-likeness (QED) is 0.793. The molecule has 7 heteroatoms. The third kappa shape index (κ3) is 4.27.